The molecule has 1 unspecified atom stereocenters. The minimum atomic E-state index is -0.871. The van der Waals surface area contributed by atoms with Crippen molar-refractivity contribution < 1.29 is 19.4 Å². The standard InChI is InChI=1S/C15H22N2O4/c1-10(2)21-13-7-5-12(6-8-13)17-15(20)16-11(3)4-9-14(18)19/h5-8,10-11H,4,9H2,1-3H3,(H,18,19)(H2,16,17,20). The Hall–Kier alpha value is -2.24. The number of ether oxygens (including phenoxy) is 1. The normalized spacial score (nSPS) is 11.8. The maximum absolute atomic E-state index is 11.7. The highest BCUT2D eigenvalue weighted by Crippen LogP contribution is 2.16. The number of urea groups is 1. The fraction of sp³-hybridized carbons (Fsp3) is 0.467. The average molecular weight is 294 g/mol. The third-order valence-electron chi connectivity index (χ3n) is 2.65. The summed E-state index contributed by atoms with van der Waals surface area (Å²) in [5.41, 5.74) is 0.647. The van der Waals surface area contributed by atoms with Crippen LogP contribution in [0.25, 0.3) is 0 Å². The van der Waals surface area contributed by atoms with E-state index in [0.29, 0.717) is 12.1 Å². The Morgan fingerprint density at radius 3 is 2.33 bits per heavy atom. The van der Waals surface area contributed by atoms with Crippen LogP contribution in [0.3, 0.4) is 0 Å². The van der Waals surface area contributed by atoms with Crippen LogP contribution in [0.15, 0.2) is 24.3 Å². The molecule has 0 aliphatic rings. The Morgan fingerprint density at radius 2 is 1.81 bits per heavy atom. The van der Waals surface area contributed by atoms with E-state index in [2.05, 4.69) is 10.6 Å². The Morgan fingerprint density at radius 1 is 1.19 bits per heavy atom. The van der Waals surface area contributed by atoms with Crippen LogP contribution in [0.1, 0.15) is 33.6 Å². The van der Waals surface area contributed by atoms with E-state index in [0.717, 1.165) is 5.75 Å². The average Bonchev–Trinajstić information content (AvgIpc) is 2.38. The van der Waals surface area contributed by atoms with E-state index in [1.807, 2.05) is 13.8 Å². The summed E-state index contributed by atoms with van der Waals surface area (Å²) in [6, 6.07) is 6.50. The highest BCUT2D eigenvalue weighted by molar-refractivity contribution is 5.89. The van der Waals surface area contributed by atoms with Gasteiger partial charge in [0.15, 0.2) is 0 Å². The van der Waals surface area contributed by atoms with Crippen molar-refractivity contribution in [3.05, 3.63) is 24.3 Å². The number of carboxylic acids is 1. The molecule has 116 valence electrons. The summed E-state index contributed by atoms with van der Waals surface area (Å²) in [4.78, 5) is 22.2. The van der Waals surface area contributed by atoms with Crippen LogP contribution < -0.4 is 15.4 Å². The van der Waals surface area contributed by atoms with Crippen LogP contribution in [-0.4, -0.2) is 29.3 Å². The van der Waals surface area contributed by atoms with Gasteiger partial charge in [0.05, 0.1) is 6.10 Å². The molecule has 0 saturated heterocycles. The summed E-state index contributed by atoms with van der Waals surface area (Å²) in [5.74, 6) is -0.129. The van der Waals surface area contributed by atoms with Gasteiger partial charge < -0.3 is 20.5 Å². The Kier molecular flexibility index (Phi) is 6.52. The zero-order valence-corrected chi connectivity index (χ0v) is 12.6. The molecule has 2 amide bonds. The van der Waals surface area contributed by atoms with Crippen LogP contribution >= 0.6 is 0 Å². The first kappa shape index (κ1) is 16.8. The number of carbonyl (C=O) groups excluding carboxylic acids is 1. The summed E-state index contributed by atoms with van der Waals surface area (Å²) >= 11 is 0. The molecule has 0 aliphatic carbocycles. The summed E-state index contributed by atoms with van der Waals surface area (Å²) < 4.78 is 5.51. The van der Waals surface area contributed by atoms with E-state index >= 15 is 0 Å². The van der Waals surface area contributed by atoms with E-state index in [1.54, 1.807) is 31.2 Å². The highest BCUT2D eigenvalue weighted by Gasteiger charge is 2.09. The number of amides is 2. The summed E-state index contributed by atoms with van der Waals surface area (Å²) in [7, 11) is 0. The maximum Gasteiger partial charge on any atom is 0.319 e. The van der Waals surface area contributed by atoms with Gasteiger partial charge >= 0.3 is 12.0 Å². The van der Waals surface area contributed by atoms with Crippen molar-refractivity contribution >= 4 is 17.7 Å². The Labute approximate surface area is 124 Å². The second-order valence-corrected chi connectivity index (χ2v) is 5.12. The largest absolute Gasteiger partial charge is 0.491 e. The molecule has 1 aromatic carbocycles. The Balaban J connectivity index is 2.42. The molecule has 0 radical (unpaired) electrons. The molecule has 6 nitrogen and oxygen atoms in total. The molecule has 0 saturated carbocycles. The molecule has 1 rings (SSSR count). The van der Waals surface area contributed by atoms with Crippen LogP contribution in [0.2, 0.25) is 0 Å². The molecule has 0 spiro atoms. The molecule has 0 fully saturated rings. The van der Waals surface area contributed by atoms with E-state index in [4.69, 9.17) is 9.84 Å². The molecular formula is C15H22N2O4. The number of hydrogen-bond donors (Lipinski definition) is 3. The molecule has 0 heterocycles. The van der Waals surface area contributed by atoms with Gasteiger partial charge in [0.2, 0.25) is 0 Å². The van der Waals surface area contributed by atoms with Gasteiger partial charge in [-0.05, 0) is 51.5 Å². The topological polar surface area (TPSA) is 87.7 Å². The number of anilines is 1. The number of nitrogens with one attached hydrogen (secondary N) is 2. The molecule has 1 atom stereocenters. The second kappa shape index (κ2) is 8.14. The van der Waals surface area contributed by atoms with Gasteiger partial charge in [0, 0.05) is 18.2 Å². The number of aliphatic carboxylic acids is 1. The summed E-state index contributed by atoms with van der Waals surface area (Å²) in [6.45, 7) is 5.65. The Bertz CT molecular complexity index is 471. The van der Waals surface area contributed by atoms with Gasteiger partial charge in [-0.25, -0.2) is 4.79 Å². The summed E-state index contributed by atoms with van der Waals surface area (Å²) in [6.07, 6.45) is 0.522. The van der Waals surface area contributed by atoms with E-state index < -0.39 is 5.97 Å². The lowest BCUT2D eigenvalue weighted by molar-refractivity contribution is -0.137. The van der Waals surface area contributed by atoms with Gasteiger partial charge in [-0.1, -0.05) is 0 Å². The lowest BCUT2D eigenvalue weighted by Crippen LogP contribution is -2.36. The van der Waals surface area contributed by atoms with Gasteiger partial charge in [-0.2, -0.15) is 0 Å². The molecule has 0 bridgehead atoms. The number of hydrogen-bond acceptors (Lipinski definition) is 3. The molecule has 3 N–H and O–H groups in total. The molecule has 0 aromatic heterocycles. The lowest BCUT2D eigenvalue weighted by Gasteiger charge is -2.14. The van der Waals surface area contributed by atoms with Crippen molar-refractivity contribution in [1.82, 2.24) is 5.32 Å². The minimum absolute atomic E-state index is 0.0304. The van der Waals surface area contributed by atoms with Crippen LogP contribution in [0.4, 0.5) is 10.5 Å². The van der Waals surface area contributed by atoms with Crippen LogP contribution in [0.5, 0.6) is 5.75 Å². The second-order valence-electron chi connectivity index (χ2n) is 5.12. The minimum Gasteiger partial charge on any atom is -0.491 e. The number of benzene rings is 1. The van der Waals surface area contributed by atoms with Crippen LogP contribution in [0, 0.1) is 0 Å². The zero-order valence-electron chi connectivity index (χ0n) is 12.6. The van der Waals surface area contributed by atoms with Crippen molar-refractivity contribution in [2.75, 3.05) is 5.32 Å². The fourth-order valence-electron chi connectivity index (χ4n) is 1.69. The van der Waals surface area contributed by atoms with Crippen LogP contribution in [-0.2, 0) is 4.79 Å². The van der Waals surface area contributed by atoms with Gasteiger partial charge in [0.25, 0.3) is 0 Å². The lowest BCUT2D eigenvalue weighted by atomic mass is 10.2. The predicted octanol–water partition coefficient (Wildman–Crippen LogP) is 2.85. The predicted molar refractivity (Wildman–Crippen MR) is 80.7 cm³/mol. The molecular weight excluding hydrogens is 272 g/mol. The molecule has 1 aromatic rings. The monoisotopic (exact) mass is 294 g/mol. The number of rotatable bonds is 7. The number of carboxylic acid groups (broad SMARTS) is 1. The number of carbonyl (C=O) groups is 2. The van der Waals surface area contributed by atoms with Crippen molar-refractivity contribution in [3.8, 4) is 5.75 Å². The highest BCUT2D eigenvalue weighted by atomic mass is 16.5. The first-order valence-corrected chi connectivity index (χ1v) is 6.93. The van der Waals surface area contributed by atoms with Crippen molar-refractivity contribution in [2.24, 2.45) is 0 Å². The van der Waals surface area contributed by atoms with Gasteiger partial charge in [-0.15, -0.1) is 0 Å². The molecule has 0 aliphatic heterocycles. The van der Waals surface area contributed by atoms with E-state index in [-0.39, 0.29) is 24.6 Å². The van der Waals surface area contributed by atoms with Gasteiger partial charge in [0.1, 0.15) is 5.75 Å². The van der Waals surface area contributed by atoms with Gasteiger partial charge in [-0.3, -0.25) is 4.79 Å². The maximum atomic E-state index is 11.7. The zero-order chi connectivity index (χ0) is 15.8. The first-order chi connectivity index (χ1) is 9.86. The molecule has 21 heavy (non-hydrogen) atoms. The quantitative estimate of drug-likeness (QED) is 0.721. The molecule has 6 heteroatoms. The summed E-state index contributed by atoms with van der Waals surface area (Å²) in [5, 5.41) is 14.0. The van der Waals surface area contributed by atoms with Crippen molar-refractivity contribution in [2.45, 2.75) is 45.8 Å². The fourth-order valence-corrected chi connectivity index (χ4v) is 1.69. The van der Waals surface area contributed by atoms with Crippen molar-refractivity contribution in [3.63, 3.8) is 0 Å². The van der Waals surface area contributed by atoms with Crippen molar-refractivity contribution in [1.29, 1.82) is 0 Å². The van der Waals surface area contributed by atoms with E-state index in [9.17, 15) is 9.59 Å². The SMILES string of the molecule is CC(CCC(=O)O)NC(=O)Nc1ccc(OC(C)C)cc1. The third-order valence-corrected chi connectivity index (χ3v) is 2.65. The first-order valence-electron chi connectivity index (χ1n) is 6.93. The van der Waals surface area contributed by atoms with E-state index in [1.165, 1.54) is 0 Å². The third kappa shape index (κ3) is 7.20. The smallest absolute Gasteiger partial charge is 0.319 e.